The minimum atomic E-state index is -0.626. The van der Waals surface area contributed by atoms with Crippen LogP contribution in [-0.2, 0) is 16.1 Å². The molecule has 1 N–H and O–H groups in total. The van der Waals surface area contributed by atoms with E-state index in [2.05, 4.69) is 10.3 Å². The Labute approximate surface area is 181 Å². The first kappa shape index (κ1) is 21.1. The number of rotatable bonds is 7. The molecule has 0 spiro atoms. The maximum atomic E-state index is 12.1. The predicted octanol–water partition coefficient (Wildman–Crippen LogP) is 5.13. The molecule has 0 aliphatic rings. The number of amides is 1. The Hall–Kier alpha value is -2.61. The molecule has 9 heteroatoms. The molecule has 0 saturated carbocycles. The van der Waals surface area contributed by atoms with Gasteiger partial charge in [0.1, 0.15) is 12.4 Å². The largest absolute Gasteiger partial charge is 0.487 e. The van der Waals surface area contributed by atoms with Crippen molar-refractivity contribution < 1.29 is 19.1 Å². The van der Waals surface area contributed by atoms with Crippen molar-refractivity contribution in [2.45, 2.75) is 13.5 Å². The molecule has 2 aromatic carbocycles. The van der Waals surface area contributed by atoms with Gasteiger partial charge in [0, 0.05) is 5.38 Å². The van der Waals surface area contributed by atoms with Crippen LogP contribution in [0.1, 0.15) is 21.1 Å². The van der Waals surface area contributed by atoms with Crippen LogP contribution in [-0.4, -0.2) is 23.5 Å². The van der Waals surface area contributed by atoms with E-state index in [1.54, 1.807) is 53.8 Å². The standard InChI is InChI=1S/C20H16Cl2N2O4S/c1-12-23-14(11-29-12)9-27-15-7-5-13(6-8-15)20(26)28-10-18(25)24-17-4-2-3-16(21)19(17)22/h2-8,11H,9-10H2,1H3,(H,24,25). The summed E-state index contributed by atoms with van der Waals surface area (Å²) in [6.07, 6.45) is 0. The molecule has 0 atom stereocenters. The van der Waals surface area contributed by atoms with Crippen molar-refractivity contribution in [1.82, 2.24) is 4.98 Å². The highest BCUT2D eigenvalue weighted by molar-refractivity contribution is 7.09. The van der Waals surface area contributed by atoms with Gasteiger partial charge in [-0.15, -0.1) is 11.3 Å². The highest BCUT2D eigenvalue weighted by Gasteiger charge is 2.13. The quantitative estimate of drug-likeness (QED) is 0.504. The summed E-state index contributed by atoms with van der Waals surface area (Å²) in [5, 5.41) is 5.99. The topological polar surface area (TPSA) is 77.5 Å². The second-order valence-corrected chi connectivity index (χ2v) is 7.74. The average Bonchev–Trinajstić information content (AvgIpc) is 3.13. The molecule has 3 aromatic rings. The number of ether oxygens (including phenoxy) is 2. The van der Waals surface area contributed by atoms with Gasteiger partial charge in [0.05, 0.1) is 32.0 Å². The fourth-order valence-corrected chi connectivity index (χ4v) is 3.27. The van der Waals surface area contributed by atoms with Crippen LogP contribution in [0.4, 0.5) is 5.69 Å². The van der Waals surface area contributed by atoms with E-state index in [1.165, 1.54) is 0 Å². The van der Waals surface area contributed by atoms with Gasteiger partial charge in [0.2, 0.25) is 0 Å². The minimum Gasteiger partial charge on any atom is -0.487 e. The zero-order valence-electron chi connectivity index (χ0n) is 15.3. The Morgan fingerprint density at radius 3 is 2.59 bits per heavy atom. The number of nitrogens with one attached hydrogen (secondary N) is 1. The van der Waals surface area contributed by atoms with E-state index in [4.69, 9.17) is 32.7 Å². The lowest BCUT2D eigenvalue weighted by atomic mass is 10.2. The number of esters is 1. The number of thiazole rings is 1. The summed E-state index contributed by atoms with van der Waals surface area (Å²) in [6, 6.07) is 11.3. The third kappa shape index (κ3) is 5.93. The maximum Gasteiger partial charge on any atom is 0.338 e. The van der Waals surface area contributed by atoms with Crippen LogP contribution in [0.3, 0.4) is 0 Å². The van der Waals surface area contributed by atoms with Gasteiger partial charge < -0.3 is 14.8 Å². The number of benzene rings is 2. The predicted molar refractivity (Wildman–Crippen MR) is 113 cm³/mol. The van der Waals surface area contributed by atoms with Gasteiger partial charge in [-0.1, -0.05) is 29.3 Å². The lowest BCUT2D eigenvalue weighted by Gasteiger charge is -2.09. The summed E-state index contributed by atoms with van der Waals surface area (Å²) in [6.45, 7) is 1.82. The van der Waals surface area contributed by atoms with E-state index in [1.807, 2.05) is 12.3 Å². The molecule has 0 radical (unpaired) electrons. The molecule has 1 heterocycles. The van der Waals surface area contributed by atoms with Gasteiger partial charge in [-0.25, -0.2) is 9.78 Å². The summed E-state index contributed by atoms with van der Waals surface area (Å²) in [4.78, 5) is 28.4. The minimum absolute atomic E-state index is 0.220. The van der Waals surface area contributed by atoms with Crippen molar-refractivity contribution >= 4 is 52.1 Å². The second-order valence-electron chi connectivity index (χ2n) is 5.90. The van der Waals surface area contributed by atoms with E-state index >= 15 is 0 Å². The van der Waals surface area contributed by atoms with Crippen molar-refractivity contribution in [3.05, 3.63) is 74.2 Å². The second kappa shape index (κ2) is 9.73. The smallest absolute Gasteiger partial charge is 0.338 e. The zero-order valence-corrected chi connectivity index (χ0v) is 17.6. The van der Waals surface area contributed by atoms with Crippen molar-refractivity contribution in [3.8, 4) is 5.75 Å². The van der Waals surface area contributed by atoms with Gasteiger partial charge in [-0.2, -0.15) is 0 Å². The van der Waals surface area contributed by atoms with Gasteiger partial charge in [0.25, 0.3) is 5.91 Å². The van der Waals surface area contributed by atoms with E-state index in [0.29, 0.717) is 28.6 Å². The van der Waals surface area contributed by atoms with Crippen LogP contribution in [0.5, 0.6) is 5.75 Å². The SMILES string of the molecule is Cc1nc(COc2ccc(C(=O)OCC(=O)Nc3cccc(Cl)c3Cl)cc2)cs1. The molecular formula is C20H16Cl2N2O4S. The first-order valence-electron chi connectivity index (χ1n) is 8.47. The molecule has 1 amide bonds. The molecular weight excluding hydrogens is 435 g/mol. The van der Waals surface area contributed by atoms with Crippen molar-refractivity contribution in [1.29, 1.82) is 0 Å². The molecule has 0 saturated heterocycles. The van der Waals surface area contributed by atoms with Crippen LogP contribution in [0.25, 0.3) is 0 Å². The van der Waals surface area contributed by atoms with Crippen LogP contribution >= 0.6 is 34.5 Å². The number of aromatic nitrogens is 1. The molecule has 0 bridgehead atoms. The van der Waals surface area contributed by atoms with Gasteiger partial charge in [0.15, 0.2) is 6.61 Å². The number of halogens is 2. The third-order valence-corrected chi connectivity index (χ3v) is 5.34. The van der Waals surface area contributed by atoms with Gasteiger partial charge in [-0.05, 0) is 43.3 Å². The first-order valence-corrected chi connectivity index (χ1v) is 10.1. The van der Waals surface area contributed by atoms with Crippen LogP contribution < -0.4 is 10.1 Å². The molecule has 29 heavy (non-hydrogen) atoms. The number of carbonyl (C=O) groups excluding carboxylic acids is 2. The maximum absolute atomic E-state index is 12.1. The number of aryl methyl sites for hydroxylation is 1. The molecule has 6 nitrogen and oxygen atoms in total. The van der Waals surface area contributed by atoms with E-state index in [0.717, 1.165) is 10.7 Å². The summed E-state index contributed by atoms with van der Waals surface area (Å²) in [5.74, 6) is -0.555. The highest BCUT2D eigenvalue weighted by Crippen LogP contribution is 2.29. The normalized spacial score (nSPS) is 10.4. The van der Waals surface area contributed by atoms with Crippen molar-refractivity contribution in [3.63, 3.8) is 0 Å². The molecule has 1 aromatic heterocycles. The number of hydrogen-bond acceptors (Lipinski definition) is 6. The third-order valence-electron chi connectivity index (χ3n) is 3.70. The summed E-state index contributed by atoms with van der Waals surface area (Å²) < 4.78 is 10.7. The number of anilines is 1. The highest BCUT2D eigenvalue weighted by atomic mass is 35.5. The Morgan fingerprint density at radius 1 is 1.14 bits per heavy atom. The Morgan fingerprint density at radius 2 is 1.90 bits per heavy atom. The molecule has 0 aliphatic carbocycles. The fraction of sp³-hybridized carbons (Fsp3) is 0.150. The zero-order chi connectivity index (χ0) is 20.8. The van der Waals surface area contributed by atoms with Crippen LogP contribution in [0.15, 0.2) is 47.8 Å². The number of carbonyl (C=O) groups is 2. The Balaban J connectivity index is 1.48. The van der Waals surface area contributed by atoms with Crippen molar-refractivity contribution in [2.75, 3.05) is 11.9 Å². The van der Waals surface area contributed by atoms with E-state index < -0.39 is 18.5 Å². The van der Waals surface area contributed by atoms with Gasteiger partial charge in [-0.3, -0.25) is 4.79 Å². The van der Waals surface area contributed by atoms with Crippen LogP contribution in [0, 0.1) is 6.92 Å². The van der Waals surface area contributed by atoms with Gasteiger partial charge >= 0.3 is 5.97 Å². The lowest BCUT2D eigenvalue weighted by molar-refractivity contribution is -0.119. The summed E-state index contributed by atoms with van der Waals surface area (Å²) in [7, 11) is 0. The number of nitrogens with zero attached hydrogens (tertiary/aromatic N) is 1. The fourth-order valence-electron chi connectivity index (χ4n) is 2.32. The van der Waals surface area contributed by atoms with Crippen molar-refractivity contribution in [2.24, 2.45) is 0 Å². The first-order chi connectivity index (χ1) is 13.9. The lowest BCUT2D eigenvalue weighted by Crippen LogP contribution is -2.21. The average molecular weight is 451 g/mol. The van der Waals surface area contributed by atoms with E-state index in [-0.39, 0.29) is 5.02 Å². The Bertz CT molecular complexity index is 1020. The molecule has 0 unspecified atom stereocenters. The summed E-state index contributed by atoms with van der Waals surface area (Å²) in [5.41, 5.74) is 1.49. The number of hydrogen-bond donors (Lipinski definition) is 1. The monoisotopic (exact) mass is 450 g/mol. The van der Waals surface area contributed by atoms with Crippen LogP contribution in [0.2, 0.25) is 10.0 Å². The molecule has 0 aliphatic heterocycles. The molecule has 0 fully saturated rings. The van der Waals surface area contributed by atoms with E-state index in [9.17, 15) is 9.59 Å². The Kier molecular flexibility index (Phi) is 7.09. The molecule has 3 rings (SSSR count). The summed E-state index contributed by atoms with van der Waals surface area (Å²) >= 11 is 13.5. The molecule has 150 valence electrons.